The van der Waals surface area contributed by atoms with E-state index in [9.17, 15) is 20.1 Å². The van der Waals surface area contributed by atoms with E-state index in [1.165, 1.54) is 0 Å². The van der Waals surface area contributed by atoms with Crippen molar-refractivity contribution in [2.24, 2.45) is 0 Å². The first-order chi connectivity index (χ1) is 8.11. The van der Waals surface area contributed by atoms with E-state index < -0.39 is 48.9 Å². The Hall–Kier alpha value is -0.850. The van der Waals surface area contributed by atoms with E-state index in [1.54, 1.807) is 0 Å². The number of aliphatic carboxylic acids is 1. The Bertz CT molecular complexity index is 269. The zero-order valence-electron chi connectivity index (χ0n) is 8.97. The Morgan fingerprint density at radius 3 is 1.28 bits per heavy atom. The Labute approximate surface area is 101 Å². The van der Waals surface area contributed by atoms with Gasteiger partial charge in [0.25, 0.3) is 0 Å². The predicted octanol–water partition coefficient (Wildman–Crippen LogP) is -5.45. The molecule has 0 heterocycles. The molecular formula is C8H16O10. The number of carboxylic acids is 1. The molecule has 0 fully saturated rings. The van der Waals surface area contributed by atoms with Crippen LogP contribution in [0.2, 0.25) is 0 Å². The number of carboxylic acid groups (broad SMARTS) is 1. The van der Waals surface area contributed by atoms with Crippen molar-refractivity contribution in [2.45, 2.75) is 42.9 Å². The largest absolute Gasteiger partial charge is 0.479 e. The molecule has 108 valence electrons. The van der Waals surface area contributed by atoms with Crippen LogP contribution in [-0.2, 0) is 4.79 Å². The summed E-state index contributed by atoms with van der Waals surface area (Å²) < 4.78 is 0. The third kappa shape index (κ3) is 4.12. The summed E-state index contributed by atoms with van der Waals surface area (Å²) in [6, 6.07) is 0. The summed E-state index contributed by atoms with van der Waals surface area (Å²) >= 11 is 0. The quantitative estimate of drug-likeness (QED) is 0.201. The van der Waals surface area contributed by atoms with E-state index in [0.717, 1.165) is 0 Å². The highest BCUT2D eigenvalue weighted by atomic mass is 16.5. The smallest absolute Gasteiger partial charge is 0.335 e. The number of aliphatic hydroxyl groups excluding tert-OH is 7. The van der Waals surface area contributed by atoms with Gasteiger partial charge in [0.2, 0.25) is 0 Å². The third-order valence-electron chi connectivity index (χ3n) is 2.28. The van der Waals surface area contributed by atoms with Crippen LogP contribution < -0.4 is 0 Å². The molecule has 6 atom stereocenters. The normalized spacial score (nSPS) is 22.1. The van der Waals surface area contributed by atoms with Crippen LogP contribution >= 0.6 is 0 Å². The number of aliphatic hydroxyl groups is 8. The maximum Gasteiger partial charge on any atom is 0.335 e. The van der Waals surface area contributed by atoms with Gasteiger partial charge in [-0.05, 0) is 0 Å². The summed E-state index contributed by atoms with van der Waals surface area (Å²) in [5.41, 5.74) is 0. The van der Waals surface area contributed by atoms with Gasteiger partial charge in [0.1, 0.15) is 30.5 Å². The molecule has 0 aliphatic carbocycles. The predicted molar refractivity (Wildman–Crippen MR) is 51.9 cm³/mol. The van der Waals surface area contributed by atoms with Gasteiger partial charge in [-0.1, -0.05) is 0 Å². The lowest BCUT2D eigenvalue weighted by atomic mass is 9.96. The zero-order chi connectivity index (χ0) is 14.6. The van der Waals surface area contributed by atoms with Crippen molar-refractivity contribution in [3.8, 4) is 0 Å². The first-order valence-corrected chi connectivity index (χ1v) is 4.78. The highest BCUT2D eigenvalue weighted by molar-refractivity contribution is 5.72. The highest BCUT2D eigenvalue weighted by Gasteiger charge is 2.40. The minimum atomic E-state index is -2.43. The lowest BCUT2D eigenvalue weighted by Crippen LogP contribution is -2.55. The summed E-state index contributed by atoms with van der Waals surface area (Å²) in [6.07, 6.45) is -16.4. The Balaban J connectivity index is 4.67. The second kappa shape index (κ2) is 6.92. The Morgan fingerprint density at radius 2 is 0.944 bits per heavy atom. The minimum Gasteiger partial charge on any atom is -0.479 e. The molecule has 0 aromatic heterocycles. The first kappa shape index (κ1) is 17.2. The fraction of sp³-hybridized carbons (Fsp3) is 0.875. The molecule has 9 N–H and O–H groups in total. The fourth-order valence-electron chi connectivity index (χ4n) is 1.12. The van der Waals surface area contributed by atoms with Gasteiger partial charge in [0.15, 0.2) is 12.4 Å². The van der Waals surface area contributed by atoms with Gasteiger partial charge in [-0.15, -0.1) is 0 Å². The molecule has 0 rings (SSSR count). The van der Waals surface area contributed by atoms with Gasteiger partial charge in [0.05, 0.1) is 0 Å². The summed E-state index contributed by atoms with van der Waals surface area (Å²) in [6.45, 7) is 0. The monoisotopic (exact) mass is 272 g/mol. The average molecular weight is 272 g/mol. The molecule has 0 aliphatic heterocycles. The summed E-state index contributed by atoms with van der Waals surface area (Å²) in [7, 11) is 0. The second-order valence-corrected chi connectivity index (χ2v) is 3.65. The van der Waals surface area contributed by atoms with Crippen molar-refractivity contribution in [1.82, 2.24) is 0 Å². The topological polar surface area (TPSA) is 199 Å². The number of rotatable bonds is 7. The van der Waals surface area contributed by atoms with Gasteiger partial charge >= 0.3 is 5.97 Å². The van der Waals surface area contributed by atoms with E-state index in [0.29, 0.717) is 0 Å². The molecule has 0 aliphatic rings. The van der Waals surface area contributed by atoms with Crippen LogP contribution in [0.1, 0.15) is 0 Å². The molecule has 10 heteroatoms. The highest BCUT2D eigenvalue weighted by Crippen LogP contribution is 2.12. The number of hydrogen-bond donors (Lipinski definition) is 9. The summed E-state index contributed by atoms with van der Waals surface area (Å²) in [5.74, 6) is -1.88. The maximum absolute atomic E-state index is 10.3. The minimum absolute atomic E-state index is 1.88. The zero-order valence-corrected chi connectivity index (χ0v) is 8.97. The van der Waals surface area contributed by atoms with E-state index in [4.69, 9.17) is 30.6 Å². The van der Waals surface area contributed by atoms with Crippen molar-refractivity contribution >= 4 is 5.97 Å². The molecule has 18 heavy (non-hydrogen) atoms. The molecular weight excluding hydrogens is 256 g/mol. The molecule has 0 radical (unpaired) electrons. The van der Waals surface area contributed by atoms with Crippen molar-refractivity contribution in [3.63, 3.8) is 0 Å². The van der Waals surface area contributed by atoms with Crippen LogP contribution in [-0.4, -0.2) is 94.8 Å². The molecule has 6 unspecified atom stereocenters. The first-order valence-electron chi connectivity index (χ1n) is 4.78. The van der Waals surface area contributed by atoms with E-state index in [1.807, 2.05) is 0 Å². The van der Waals surface area contributed by atoms with E-state index in [-0.39, 0.29) is 0 Å². The van der Waals surface area contributed by atoms with E-state index in [2.05, 4.69) is 0 Å². The van der Waals surface area contributed by atoms with Gasteiger partial charge in [0, 0.05) is 0 Å². The molecule has 0 aromatic carbocycles. The van der Waals surface area contributed by atoms with Crippen molar-refractivity contribution in [2.75, 3.05) is 0 Å². The molecule has 0 saturated heterocycles. The Morgan fingerprint density at radius 1 is 0.611 bits per heavy atom. The number of carbonyl (C=O) groups is 1. The molecule has 0 bridgehead atoms. The van der Waals surface area contributed by atoms with Crippen molar-refractivity contribution < 1.29 is 50.8 Å². The fourth-order valence-corrected chi connectivity index (χ4v) is 1.12. The van der Waals surface area contributed by atoms with Crippen LogP contribution in [0.5, 0.6) is 0 Å². The van der Waals surface area contributed by atoms with Crippen LogP contribution in [0.4, 0.5) is 0 Å². The van der Waals surface area contributed by atoms with Crippen molar-refractivity contribution in [3.05, 3.63) is 0 Å². The standard InChI is InChI=1S/C8H16O10/c9-1(3(11)5(13)7(15)16)2(10)4(12)6(14)8(17)18/h1-7,9-16H,(H,17,18). The van der Waals surface area contributed by atoms with Gasteiger partial charge in [-0.2, -0.15) is 0 Å². The van der Waals surface area contributed by atoms with Crippen LogP contribution in [0.15, 0.2) is 0 Å². The molecule has 0 spiro atoms. The number of hydrogen-bond acceptors (Lipinski definition) is 9. The summed E-state index contributed by atoms with van der Waals surface area (Å²) in [4.78, 5) is 10.3. The Kier molecular flexibility index (Phi) is 6.59. The van der Waals surface area contributed by atoms with Crippen LogP contribution in [0, 0.1) is 0 Å². The van der Waals surface area contributed by atoms with Gasteiger partial charge in [-0.25, -0.2) is 4.79 Å². The van der Waals surface area contributed by atoms with Crippen LogP contribution in [0.25, 0.3) is 0 Å². The van der Waals surface area contributed by atoms with Crippen molar-refractivity contribution in [1.29, 1.82) is 0 Å². The third-order valence-corrected chi connectivity index (χ3v) is 2.28. The van der Waals surface area contributed by atoms with Gasteiger partial charge < -0.3 is 46.0 Å². The lowest BCUT2D eigenvalue weighted by Gasteiger charge is -2.30. The van der Waals surface area contributed by atoms with E-state index >= 15 is 0 Å². The average Bonchev–Trinajstić information content (AvgIpc) is 2.32. The maximum atomic E-state index is 10.3. The lowest BCUT2D eigenvalue weighted by molar-refractivity contribution is -0.203. The molecule has 10 nitrogen and oxygen atoms in total. The van der Waals surface area contributed by atoms with Gasteiger partial charge in [-0.3, -0.25) is 0 Å². The molecule has 0 aromatic rings. The summed E-state index contributed by atoms with van der Waals surface area (Å²) in [5, 5.41) is 80.0. The molecule has 0 saturated carbocycles. The molecule has 0 amide bonds. The SMILES string of the molecule is O=C(O)C(O)C(O)C(O)C(O)C(O)C(O)C(O)O. The second-order valence-electron chi connectivity index (χ2n) is 3.65. The van der Waals surface area contributed by atoms with Crippen LogP contribution in [0.3, 0.4) is 0 Å².